The van der Waals surface area contributed by atoms with Crippen LogP contribution >= 0.6 is 0 Å². The Bertz CT molecular complexity index is 1350. The first-order chi connectivity index (χ1) is 19.1. The molecule has 1 saturated heterocycles. The van der Waals surface area contributed by atoms with Crippen LogP contribution in [0.25, 0.3) is 0 Å². The number of fused-ring (bicyclic) bond motifs is 3. The van der Waals surface area contributed by atoms with Crippen LogP contribution in [0, 0.1) is 23.7 Å². The minimum absolute atomic E-state index is 0.0200. The summed E-state index contributed by atoms with van der Waals surface area (Å²) >= 11 is 0. The summed E-state index contributed by atoms with van der Waals surface area (Å²) in [4.78, 5) is 72.7. The Hall–Kier alpha value is -3.15. The monoisotopic (exact) mass is 568 g/mol. The van der Waals surface area contributed by atoms with Crippen LogP contribution in [0.4, 0.5) is 5.69 Å². The van der Waals surface area contributed by atoms with E-state index in [2.05, 4.69) is 18.7 Å². The van der Waals surface area contributed by atoms with Gasteiger partial charge in [-0.1, -0.05) is 0 Å². The molecule has 4 unspecified atom stereocenters. The Kier molecular flexibility index (Phi) is 7.15. The first-order valence-corrected chi connectivity index (χ1v) is 14.3. The van der Waals surface area contributed by atoms with Gasteiger partial charge in [-0.05, 0) is 76.7 Å². The molecule has 1 amide bonds. The number of aromatic hydroxyl groups is 1. The standard InChI is InChI=1S/C30H40N4O7/c1-13-7-8-14(2)34(13)12-16-11-19(35)21-17(23(16)32(3)4)9-15-10-18-24(33(5)6)26(37)22(29(31)40)28(39)30(18,41)27(38)20(15)25(21)36/h11,13-15,18,20,22,24,35,41H,7-10,12H2,1-6H3,(H2,31,40)/t13?,14?,15-,18-,20?,22?,24-,30-/m0/s1. The molecule has 0 aromatic heterocycles. The van der Waals surface area contributed by atoms with Crippen molar-refractivity contribution in [1.29, 1.82) is 0 Å². The Morgan fingerprint density at radius 3 is 2.22 bits per heavy atom. The van der Waals surface area contributed by atoms with Crippen LogP contribution in [-0.2, 0) is 32.1 Å². The molecule has 0 radical (unpaired) electrons. The van der Waals surface area contributed by atoms with Crippen molar-refractivity contribution in [2.45, 2.75) is 69.8 Å². The molecule has 8 atom stereocenters. The molecule has 4 aliphatic rings. The number of anilines is 1. The summed E-state index contributed by atoms with van der Waals surface area (Å²) in [6, 6.07) is 1.20. The summed E-state index contributed by atoms with van der Waals surface area (Å²) in [6.07, 6.45) is 2.42. The molecular formula is C30H40N4O7. The van der Waals surface area contributed by atoms with E-state index in [9.17, 15) is 34.2 Å². The molecule has 3 aliphatic carbocycles. The van der Waals surface area contributed by atoms with E-state index in [0.717, 1.165) is 24.1 Å². The van der Waals surface area contributed by atoms with Crippen molar-refractivity contribution in [2.24, 2.45) is 29.4 Å². The van der Waals surface area contributed by atoms with E-state index in [1.165, 1.54) is 4.90 Å². The minimum Gasteiger partial charge on any atom is -0.507 e. The van der Waals surface area contributed by atoms with Crippen LogP contribution in [0.1, 0.15) is 54.6 Å². The number of benzene rings is 1. The number of likely N-dealkylation sites (tertiary alicyclic amines) is 1. The molecule has 41 heavy (non-hydrogen) atoms. The second kappa shape index (κ2) is 9.99. The predicted molar refractivity (Wildman–Crippen MR) is 149 cm³/mol. The number of phenols is 1. The van der Waals surface area contributed by atoms with Crippen LogP contribution in [-0.4, -0.2) is 101 Å². The molecule has 11 nitrogen and oxygen atoms in total. The minimum atomic E-state index is -2.72. The SMILES string of the molecule is CC1CCC(C)N1Cc1cc(O)c2c(c1N(C)C)C[C@H]1C[C@H]3[C@H](N(C)C)C(=O)C(C(N)=O)C(=O)[C@@]3(O)C(=O)C1C2=O. The smallest absolute Gasteiger partial charge is 0.235 e. The van der Waals surface area contributed by atoms with Gasteiger partial charge in [0.1, 0.15) is 5.75 Å². The number of hydrogen-bond donors (Lipinski definition) is 3. The number of primary amides is 1. The predicted octanol–water partition coefficient (Wildman–Crippen LogP) is 0.306. The second-order valence-electron chi connectivity index (χ2n) is 12.9. The number of amides is 1. The van der Waals surface area contributed by atoms with E-state index in [1.54, 1.807) is 20.2 Å². The molecule has 3 fully saturated rings. The lowest BCUT2D eigenvalue weighted by Crippen LogP contribution is -2.74. The first kappa shape index (κ1) is 29.3. The zero-order chi connectivity index (χ0) is 30.3. The third kappa shape index (κ3) is 4.15. The second-order valence-corrected chi connectivity index (χ2v) is 12.9. The van der Waals surface area contributed by atoms with Gasteiger partial charge in [0.05, 0.1) is 17.5 Å². The van der Waals surface area contributed by atoms with Crippen molar-refractivity contribution in [1.82, 2.24) is 9.80 Å². The average molecular weight is 569 g/mol. The third-order valence-corrected chi connectivity index (χ3v) is 10.0. The molecule has 11 heteroatoms. The quantitative estimate of drug-likeness (QED) is 0.422. The van der Waals surface area contributed by atoms with Gasteiger partial charge in [0, 0.05) is 44.3 Å². The number of nitrogens with zero attached hydrogens (tertiary/aromatic N) is 3. The van der Waals surface area contributed by atoms with Crippen LogP contribution in [0.15, 0.2) is 6.07 Å². The van der Waals surface area contributed by atoms with Crippen molar-refractivity contribution >= 4 is 34.7 Å². The van der Waals surface area contributed by atoms with Crippen molar-refractivity contribution in [3.63, 3.8) is 0 Å². The summed E-state index contributed by atoms with van der Waals surface area (Å²) in [5.74, 6) is -10.3. The van der Waals surface area contributed by atoms with Crippen molar-refractivity contribution in [2.75, 3.05) is 33.1 Å². The van der Waals surface area contributed by atoms with E-state index in [4.69, 9.17) is 5.73 Å². The van der Waals surface area contributed by atoms with Crippen LogP contribution < -0.4 is 10.6 Å². The van der Waals surface area contributed by atoms with Crippen LogP contribution in [0.5, 0.6) is 5.75 Å². The number of phenolic OH excluding ortho intramolecular Hbond substituents is 1. The molecule has 1 heterocycles. The number of nitrogens with two attached hydrogens (primary N) is 1. The third-order valence-electron chi connectivity index (χ3n) is 10.0. The maximum atomic E-state index is 14.0. The molecule has 1 aromatic carbocycles. The highest BCUT2D eigenvalue weighted by Gasteiger charge is 2.69. The Morgan fingerprint density at radius 2 is 1.68 bits per heavy atom. The molecule has 1 aliphatic heterocycles. The summed E-state index contributed by atoms with van der Waals surface area (Å²) in [5.41, 5.74) is 4.98. The van der Waals surface area contributed by atoms with E-state index >= 15 is 0 Å². The lowest BCUT2D eigenvalue weighted by atomic mass is 9.52. The van der Waals surface area contributed by atoms with Crippen molar-refractivity contribution < 1.29 is 34.2 Å². The molecule has 222 valence electrons. The summed E-state index contributed by atoms with van der Waals surface area (Å²) < 4.78 is 0. The summed E-state index contributed by atoms with van der Waals surface area (Å²) in [7, 11) is 6.89. The highest BCUT2D eigenvalue weighted by Crippen LogP contribution is 2.52. The number of hydrogen-bond acceptors (Lipinski definition) is 10. The number of rotatable bonds is 5. The van der Waals surface area contributed by atoms with Crippen molar-refractivity contribution in [3.8, 4) is 5.75 Å². The topological polar surface area (TPSA) is 162 Å². The highest BCUT2D eigenvalue weighted by molar-refractivity contribution is 6.32. The lowest BCUT2D eigenvalue weighted by Gasteiger charge is -2.52. The van der Waals surface area contributed by atoms with E-state index in [0.29, 0.717) is 24.2 Å². The Balaban J connectivity index is 1.62. The fourth-order valence-corrected chi connectivity index (χ4v) is 8.16. The molecule has 4 N–H and O–H groups in total. The Morgan fingerprint density at radius 1 is 1.07 bits per heavy atom. The van der Waals surface area contributed by atoms with Gasteiger partial charge in [0.2, 0.25) is 5.91 Å². The summed E-state index contributed by atoms with van der Waals surface area (Å²) in [6.45, 7) is 4.94. The van der Waals surface area contributed by atoms with Crippen LogP contribution in [0.3, 0.4) is 0 Å². The van der Waals surface area contributed by atoms with Gasteiger partial charge in [0.15, 0.2) is 34.7 Å². The van der Waals surface area contributed by atoms with Gasteiger partial charge in [-0.25, -0.2) is 0 Å². The number of Topliss-reactive ketones (excluding diaryl/α,β-unsaturated/α-hetero) is 4. The molecule has 1 aromatic rings. The Labute approximate surface area is 239 Å². The number of aliphatic hydroxyl groups is 1. The molecule has 0 bridgehead atoms. The number of carbonyl (C=O) groups excluding carboxylic acids is 5. The number of likely N-dealkylation sites (N-methyl/N-ethyl adjacent to an activating group) is 1. The summed E-state index contributed by atoms with van der Waals surface area (Å²) in [5, 5.41) is 22.9. The van der Waals surface area contributed by atoms with E-state index in [1.807, 2.05) is 19.0 Å². The lowest BCUT2D eigenvalue weighted by molar-refractivity contribution is -0.181. The van der Waals surface area contributed by atoms with E-state index in [-0.39, 0.29) is 24.2 Å². The zero-order valence-corrected chi connectivity index (χ0v) is 24.5. The zero-order valence-electron chi connectivity index (χ0n) is 24.5. The number of ketones is 4. The number of carbonyl (C=O) groups is 5. The maximum Gasteiger partial charge on any atom is 0.235 e. The first-order valence-electron chi connectivity index (χ1n) is 14.3. The van der Waals surface area contributed by atoms with Gasteiger partial charge in [-0.15, -0.1) is 0 Å². The normalized spacial score (nSPS) is 35.4. The van der Waals surface area contributed by atoms with Gasteiger partial charge < -0.3 is 20.8 Å². The molecule has 2 saturated carbocycles. The largest absolute Gasteiger partial charge is 0.507 e. The average Bonchev–Trinajstić information content (AvgIpc) is 3.17. The fraction of sp³-hybridized carbons (Fsp3) is 0.633. The van der Waals surface area contributed by atoms with Gasteiger partial charge in [-0.2, -0.15) is 0 Å². The maximum absolute atomic E-state index is 14.0. The molecule has 5 rings (SSSR count). The van der Waals surface area contributed by atoms with Crippen LogP contribution in [0.2, 0.25) is 0 Å². The fourth-order valence-electron chi connectivity index (χ4n) is 8.16. The van der Waals surface area contributed by atoms with Gasteiger partial charge in [-0.3, -0.25) is 33.8 Å². The molecular weight excluding hydrogens is 528 g/mol. The van der Waals surface area contributed by atoms with Gasteiger partial charge >= 0.3 is 0 Å². The van der Waals surface area contributed by atoms with E-state index < -0.39 is 64.4 Å². The highest BCUT2D eigenvalue weighted by atomic mass is 16.3. The van der Waals surface area contributed by atoms with Crippen molar-refractivity contribution in [3.05, 3.63) is 22.8 Å². The molecule has 0 spiro atoms. The van der Waals surface area contributed by atoms with Gasteiger partial charge in [0.25, 0.3) is 0 Å².